The molecule has 0 unspecified atom stereocenters. The molecule has 50 heavy (non-hydrogen) atoms. The van der Waals surface area contributed by atoms with E-state index in [-0.39, 0.29) is 0 Å². The molecule has 0 aliphatic carbocycles. The fourth-order valence-electron chi connectivity index (χ4n) is 8.20. The molecule has 0 aliphatic rings. The van der Waals surface area contributed by atoms with Crippen molar-refractivity contribution in [3.8, 4) is 44.5 Å². The van der Waals surface area contributed by atoms with E-state index in [0.29, 0.717) is 0 Å². The maximum atomic E-state index is 7.00. The number of aryl methyl sites for hydroxylation is 1. The van der Waals surface area contributed by atoms with Gasteiger partial charge in [-0.3, -0.25) is 0 Å². The summed E-state index contributed by atoms with van der Waals surface area (Å²) < 4.78 is 7.00. The van der Waals surface area contributed by atoms with E-state index in [4.69, 9.17) is 4.42 Å². The summed E-state index contributed by atoms with van der Waals surface area (Å²) in [5.41, 5.74) is 12.7. The van der Waals surface area contributed by atoms with E-state index in [0.717, 1.165) is 33.1 Å². The minimum absolute atomic E-state index is 0.921. The first-order chi connectivity index (χ1) is 24.8. The van der Waals surface area contributed by atoms with Crippen LogP contribution < -0.4 is 0 Å². The van der Waals surface area contributed by atoms with Crippen LogP contribution in [0.25, 0.3) is 98.8 Å². The summed E-state index contributed by atoms with van der Waals surface area (Å²) >= 11 is 0. The van der Waals surface area contributed by atoms with Crippen LogP contribution in [0.2, 0.25) is 0 Å². The maximum Gasteiger partial charge on any atom is 0.143 e. The highest BCUT2D eigenvalue weighted by Crippen LogP contribution is 2.49. The lowest BCUT2D eigenvalue weighted by Crippen LogP contribution is -1.92. The molecule has 1 heterocycles. The number of hydrogen-bond acceptors (Lipinski definition) is 1. The first-order valence-electron chi connectivity index (χ1n) is 17.3. The Kier molecular flexibility index (Phi) is 6.47. The van der Waals surface area contributed by atoms with Crippen LogP contribution in [0.4, 0.5) is 0 Å². The SMILES string of the molecule is Cc1ccccc1-c1cccc2c1oc1c(-c3c4ccccc4c(-c4ccc(-c5ccccc5)c5ccccc45)c4ccccc34)cccc12. The Labute approximate surface area is 290 Å². The van der Waals surface area contributed by atoms with Crippen molar-refractivity contribution in [1.82, 2.24) is 0 Å². The van der Waals surface area contributed by atoms with E-state index in [9.17, 15) is 0 Å². The summed E-state index contributed by atoms with van der Waals surface area (Å²) in [6, 6.07) is 63.6. The van der Waals surface area contributed by atoms with E-state index in [2.05, 4.69) is 183 Å². The van der Waals surface area contributed by atoms with Crippen LogP contribution >= 0.6 is 0 Å². The highest BCUT2D eigenvalue weighted by atomic mass is 16.3. The summed E-state index contributed by atoms with van der Waals surface area (Å²) in [5.74, 6) is 0. The molecule has 1 heteroatoms. The molecule has 0 spiro atoms. The number of para-hydroxylation sites is 2. The standard InChI is InChI=1S/C49H32O/c1-31-15-5-6-18-33(31)42-25-13-26-43-44-27-14-28-45(49(44)50-48(42)43)47-39-23-11-9-21-37(39)46(38-22-10-12-24-40(38)47)41-30-29-34(32-16-3-2-4-17-32)35-19-7-8-20-36(35)41/h2-30H,1H3. The molecular formula is C49H32O. The molecule has 0 N–H and O–H groups in total. The van der Waals surface area contributed by atoms with E-state index in [1.165, 1.54) is 71.3 Å². The van der Waals surface area contributed by atoms with Crippen LogP contribution in [-0.4, -0.2) is 0 Å². The molecule has 9 aromatic carbocycles. The molecule has 0 saturated carbocycles. The summed E-state index contributed by atoms with van der Waals surface area (Å²) in [7, 11) is 0. The van der Waals surface area contributed by atoms with Gasteiger partial charge in [-0.25, -0.2) is 0 Å². The van der Waals surface area contributed by atoms with Crippen molar-refractivity contribution < 1.29 is 4.42 Å². The molecule has 10 rings (SSSR count). The Morgan fingerprint density at radius 1 is 0.280 bits per heavy atom. The third-order valence-electron chi connectivity index (χ3n) is 10.4. The average molecular weight is 637 g/mol. The number of benzene rings is 9. The molecular weight excluding hydrogens is 605 g/mol. The molecule has 0 amide bonds. The maximum absolute atomic E-state index is 7.00. The minimum Gasteiger partial charge on any atom is -0.455 e. The molecule has 0 saturated heterocycles. The largest absolute Gasteiger partial charge is 0.455 e. The Bertz CT molecular complexity index is 2870. The van der Waals surface area contributed by atoms with Gasteiger partial charge in [-0.2, -0.15) is 0 Å². The van der Waals surface area contributed by atoms with Crippen molar-refractivity contribution in [2.24, 2.45) is 0 Å². The van der Waals surface area contributed by atoms with Gasteiger partial charge < -0.3 is 4.42 Å². The third kappa shape index (κ3) is 4.27. The van der Waals surface area contributed by atoms with Crippen LogP contribution in [0, 0.1) is 6.92 Å². The molecule has 0 bridgehead atoms. The summed E-state index contributed by atoms with van der Waals surface area (Å²) in [4.78, 5) is 0. The normalized spacial score (nSPS) is 11.7. The minimum atomic E-state index is 0.921. The van der Waals surface area contributed by atoms with E-state index in [1.807, 2.05) is 0 Å². The van der Waals surface area contributed by atoms with Gasteiger partial charge in [0.2, 0.25) is 0 Å². The van der Waals surface area contributed by atoms with Crippen LogP contribution in [-0.2, 0) is 0 Å². The topological polar surface area (TPSA) is 13.1 Å². The van der Waals surface area contributed by atoms with Crippen LogP contribution in [0.3, 0.4) is 0 Å². The second kappa shape index (κ2) is 11.3. The lowest BCUT2D eigenvalue weighted by molar-refractivity contribution is 0.671. The smallest absolute Gasteiger partial charge is 0.143 e. The van der Waals surface area contributed by atoms with Gasteiger partial charge in [-0.1, -0.05) is 176 Å². The highest BCUT2D eigenvalue weighted by molar-refractivity contribution is 6.26. The second-order valence-corrected chi connectivity index (χ2v) is 13.2. The van der Waals surface area contributed by atoms with Gasteiger partial charge in [-0.15, -0.1) is 0 Å². The summed E-state index contributed by atoms with van der Waals surface area (Å²) in [6.07, 6.45) is 0. The van der Waals surface area contributed by atoms with Crippen molar-refractivity contribution in [2.45, 2.75) is 6.92 Å². The Morgan fingerprint density at radius 3 is 1.32 bits per heavy atom. The lowest BCUT2D eigenvalue weighted by atomic mass is 9.83. The first-order valence-corrected chi connectivity index (χ1v) is 17.3. The van der Waals surface area contributed by atoms with Crippen LogP contribution in [0.5, 0.6) is 0 Å². The van der Waals surface area contributed by atoms with Crippen LogP contribution in [0.1, 0.15) is 5.56 Å². The zero-order valence-corrected chi connectivity index (χ0v) is 27.7. The van der Waals surface area contributed by atoms with Gasteiger partial charge in [0, 0.05) is 27.5 Å². The molecule has 10 aromatic rings. The fraction of sp³-hybridized carbons (Fsp3) is 0.0204. The number of rotatable bonds is 4. The molecule has 1 aromatic heterocycles. The summed E-state index contributed by atoms with van der Waals surface area (Å²) in [6.45, 7) is 2.17. The van der Waals surface area contributed by atoms with Crippen molar-refractivity contribution in [3.63, 3.8) is 0 Å². The molecule has 0 atom stereocenters. The van der Waals surface area contributed by atoms with Gasteiger partial charge in [-0.05, 0) is 72.6 Å². The highest BCUT2D eigenvalue weighted by Gasteiger charge is 2.22. The van der Waals surface area contributed by atoms with Crippen molar-refractivity contribution in [1.29, 1.82) is 0 Å². The van der Waals surface area contributed by atoms with Gasteiger partial charge in [0.25, 0.3) is 0 Å². The average Bonchev–Trinajstić information content (AvgIpc) is 3.57. The monoisotopic (exact) mass is 636 g/mol. The Morgan fingerprint density at radius 2 is 0.700 bits per heavy atom. The third-order valence-corrected chi connectivity index (χ3v) is 10.4. The van der Waals surface area contributed by atoms with Crippen molar-refractivity contribution in [2.75, 3.05) is 0 Å². The van der Waals surface area contributed by atoms with E-state index >= 15 is 0 Å². The van der Waals surface area contributed by atoms with E-state index < -0.39 is 0 Å². The second-order valence-electron chi connectivity index (χ2n) is 13.2. The quantitative estimate of drug-likeness (QED) is 0.175. The van der Waals surface area contributed by atoms with Gasteiger partial charge >= 0.3 is 0 Å². The first kappa shape index (κ1) is 28.6. The van der Waals surface area contributed by atoms with E-state index in [1.54, 1.807) is 0 Å². The number of furan rings is 1. The molecule has 0 fully saturated rings. The number of hydrogen-bond donors (Lipinski definition) is 0. The zero-order chi connectivity index (χ0) is 33.2. The molecule has 0 aliphatic heterocycles. The lowest BCUT2D eigenvalue weighted by Gasteiger charge is -2.19. The predicted molar refractivity (Wildman–Crippen MR) is 213 cm³/mol. The fourth-order valence-corrected chi connectivity index (χ4v) is 8.20. The molecule has 1 nitrogen and oxygen atoms in total. The van der Waals surface area contributed by atoms with Gasteiger partial charge in [0.05, 0.1) is 0 Å². The zero-order valence-electron chi connectivity index (χ0n) is 27.7. The Balaban J connectivity index is 1.29. The number of fused-ring (bicyclic) bond motifs is 6. The van der Waals surface area contributed by atoms with Gasteiger partial charge in [0.15, 0.2) is 0 Å². The summed E-state index contributed by atoms with van der Waals surface area (Å²) in [5, 5.41) is 9.66. The molecule has 0 radical (unpaired) electrons. The predicted octanol–water partition coefficient (Wildman–Crippen LogP) is 14.0. The molecule has 234 valence electrons. The van der Waals surface area contributed by atoms with Gasteiger partial charge in [0.1, 0.15) is 11.2 Å². The van der Waals surface area contributed by atoms with Crippen molar-refractivity contribution in [3.05, 3.63) is 181 Å². The Hall–Kier alpha value is -6.44. The van der Waals surface area contributed by atoms with Crippen LogP contribution in [0.15, 0.2) is 180 Å². The van der Waals surface area contributed by atoms with Crippen molar-refractivity contribution >= 4 is 54.3 Å².